The second-order valence-corrected chi connectivity index (χ2v) is 4.84. The molecule has 3 nitrogen and oxygen atoms in total. The fourth-order valence-corrected chi connectivity index (χ4v) is 2.43. The first-order valence-corrected chi connectivity index (χ1v) is 6.60. The van der Waals surface area contributed by atoms with Gasteiger partial charge in [0.15, 0.2) is 0 Å². The maximum absolute atomic E-state index is 8.50. The summed E-state index contributed by atoms with van der Waals surface area (Å²) in [5, 5.41) is 12.5. The number of aryl methyl sites for hydroxylation is 1. The quantitative estimate of drug-likeness (QED) is 0.395. The number of rotatable bonds is 4. The van der Waals surface area contributed by atoms with Gasteiger partial charge in [0.05, 0.1) is 11.2 Å². The Hall–Kier alpha value is -1.81. The van der Waals surface area contributed by atoms with Gasteiger partial charge in [0.1, 0.15) is 0 Å². The molecule has 0 unspecified atom stereocenters. The van der Waals surface area contributed by atoms with Crippen LogP contribution < -0.4 is 0 Å². The highest BCUT2D eigenvalue weighted by Gasteiger charge is 2.01. The van der Waals surface area contributed by atoms with Crippen LogP contribution in [0, 0.1) is 6.92 Å². The Morgan fingerprint density at radius 3 is 2.67 bits per heavy atom. The molecule has 0 radical (unpaired) electrons. The summed E-state index contributed by atoms with van der Waals surface area (Å²) in [5.74, 6) is 0.903. The van der Waals surface area contributed by atoms with Crippen molar-refractivity contribution < 1.29 is 5.21 Å². The van der Waals surface area contributed by atoms with Crippen LogP contribution in [0.15, 0.2) is 52.6 Å². The monoisotopic (exact) mass is 258 g/mol. The molecule has 1 aromatic carbocycles. The lowest BCUT2D eigenvalue weighted by molar-refractivity contribution is 0.322. The molecule has 1 aromatic heterocycles. The van der Waals surface area contributed by atoms with Crippen LogP contribution in [0.5, 0.6) is 0 Å². The van der Waals surface area contributed by atoms with Crippen LogP contribution in [0.3, 0.4) is 0 Å². The Bertz CT molecular complexity index is 541. The number of hydrogen-bond donors (Lipinski definition) is 1. The van der Waals surface area contributed by atoms with Crippen molar-refractivity contribution in [1.29, 1.82) is 0 Å². The first-order chi connectivity index (χ1) is 8.79. The van der Waals surface area contributed by atoms with Gasteiger partial charge in [0, 0.05) is 17.0 Å². The highest BCUT2D eigenvalue weighted by atomic mass is 32.2. The lowest BCUT2D eigenvalue weighted by atomic mass is 10.2. The van der Waals surface area contributed by atoms with E-state index in [1.165, 1.54) is 11.8 Å². The predicted octanol–water partition coefficient (Wildman–Crippen LogP) is 3.49. The van der Waals surface area contributed by atoms with Crippen molar-refractivity contribution in [2.75, 3.05) is 0 Å². The summed E-state index contributed by atoms with van der Waals surface area (Å²) < 4.78 is 0. The Morgan fingerprint density at radius 1 is 1.22 bits per heavy atom. The van der Waals surface area contributed by atoms with Crippen molar-refractivity contribution in [3.8, 4) is 0 Å². The van der Waals surface area contributed by atoms with Crippen molar-refractivity contribution in [2.24, 2.45) is 5.16 Å². The average Bonchev–Trinajstić information content (AvgIpc) is 2.41. The molecule has 0 amide bonds. The summed E-state index contributed by atoms with van der Waals surface area (Å²) >= 11 is 1.70. The van der Waals surface area contributed by atoms with E-state index in [-0.39, 0.29) is 0 Å². The van der Waals surface area contributed by atoms with E-state index in [1.807, 2.05) is 37.3 Å². The smallest absolute Gasteiger partial charge is 0.0966 e. The molecule has 0 saturated heterocycles. The molecule has 0 bridgehead atoms. The Labute approximate surface area is 111 Å². The molecule has 0 saturated carbocycles. The van der Waals surface area contributed by atoms with Gasteiger partial charge in [0.2, 0.25) is 0 Å². The molecule has 4 heteroatoms. The van der Waals surface area contributed by atoms with Gasteiger partial charge < -0.3 is 5.21 Å². The van der Waals surface area contributed by atoms with Crippen LogP contribution in [0.25, 0.3) is 0 Å². The van der Waals surface area contributed by atoms with Crippen LogP contribution in [-0.4, -0.2) is 16.4 Å². The zero-order valence-corrected chi connectivity index (χ0v) is 10.9. The molecular weight excluding hydrogens is 244 g/mol. The lowest BCUT2D eigenvalue weighted by Crippen LogP contribution is -1.93. The summed E-state index contributed by atoms with van der Waals surface area (Å²) in [6.45, 7) is 1.91. The first-order valence-electron chi connectivity index (χ1n) is 5.61. The van der Waals surface area contributed by atoms with Crippen molar-refractivity contribution in [3.05, 3.63) is 59.3 Å². The molecular formula is C14H14N2OS. The molecule has 92 valence electrons. The fraction of sp³-hybridized carbons (Fsp3) is 0.143. The number of aromatic nitrogens is 1. The summed E-state index contributed by atoms with van der Waals surface area (Å²) in [5.41, 5.74) is 2.98. The third kappa shape index (κ3) is 3.34. The molecule has 0 aliphatic carbocycles. The van der Waals surface area contributed by atoms with Crippen molar-refractivity contribution in [3.63, 3.8) is 0 Å². The van der Waals surface area contributed by atoms with Gasteiger partial charge in [-0.3, -0.25) is 0 Å². The predicted molar refractivity (Wildman–Crippen MR) is 74.4 cm³/mol. The summed E-state index contributed by atoms with van der Waals surface area (Å²) in [7, 11) is 0. The van der Waals surface area contributed by atoms with Crippen LogP contribution in [0.4, 0.5) is 0 Å². The number of benzene rings is 1. The summed E-state index contributed by atoms with van der Waals surface area (Å²) in [4.78, 5) is 4.47. The molecule has 2 aromatic rings. The normalized spacial score (nSPS) is 10.9. The Morgan fingerprint density at radius 2 is 2.00 bits per heavy atom. The van der Waals surface area contributed by atoms with Gasteiger partial charge in [-0.1, -0.05) is 35.5 Å². The minimum absolute atomic E-state index is 0.835. The van der Waals surface area contributed by atoms with Gasteiger partial charge in [-0.2, -0.15) is 0 Å². The van der Waals surface area contributed by atoms with Crippen molar-refractivity contribution >= 4 is 18.0 Å². The molecule has 1 N–H and O–H groups in total. The van der Waals surface area contributed by atoms with Gasteiger partial charge in [-0.15, -0.1) is 11.8 Å². The zero-order chi connectivity index (χ0) is 12.8. The highest BCUT2D eigenvalue weighted by molar-refractivity contribution is 7.98. The van der Waals surface area contributed by atoms with Crippen LogP contribution >= 0.6 is 11.8 Å². The second kappa shape index (κ2) is 6.21. The lowest BCUT2D eigenvalue weighted by Gasteiger charge is -2.04. The number of oxime groups is 1. The van der Waals surface area contributed by atoms with E-state index in [4.69, 9.17) is 5.21 Å². The minimum Gasteiger partial charge on any atom is -0.411 e. The van der Waals surface area contributed by atoms with E-state index in [0.717, 1.165) is 22.0 Å². The standard InChI is InChI=1S/C14H14N2OS/c1-11-13(9-15-17)7-8-14(16-11)18-10-12-5-3-2-4-6-12/h2-9,17H,10H2,1H3/b15-9-. The molecule has 0 aliphatic heterocycles. The fourth-order valence-electron chi connectivity index (χ4n) is 1.56. The first kappa shape index (κ1) is 12.6. The minimum atomic E-state index is 0.835. The molecule has 0 aliphatic rings. The summed E-state index contributed by atoms with van der Waals surface area (Å²) in [6, 6.07) is 14.1. The molecule has 2 rings (SSSR count). The molecule has 0 atom stereocenters. The topological polar surface area (TPSA) is 45.5 Å². The summed E-state index contributed by atoms with van der Waals surface area (Å²) in [6.07, 6.45) is 1.40. The molecule has 18 heavy (non-hydrogen) atoms. The number of nitrogens with zero attached hydrogens (tertiary/aromatic N) is 2. The third-order valence-corrected chi connectivity index (χ3v) is 3.53. The van der Waals surface area contributed by atoms with Crippen LogP contribution in [0.2, 0.25) is 0 Å². The van der Waals surface area contributed by atoms with Gasteiger partial charge >= 0.3 is 0 Å². The number of pyridine rings is 1. The third-order valence-electron chi connectivity index (χ3n) is 2.53. The Kier molecular flexibility index (Phi) is 4.36. The van der Waals surface area contributed by atoms with E-state index in [2.05, 4.69) is 22.3 Å². The van der Waals surface area contributed by atoms with E-state index < -0.39 is 0 Å². The van der Waals surface area contributed by atoms with E-state index in [1.54, 1.807) is 11.8 Å². The van der Waals surface area contributed by atoms with Gasteiger partial charge in [0.25, 0.3) is 0 Å². The van der Waals surface area contributed by atoms with Gasteiger partial charge in [-0.25, -0.2) is 4.98 Å². The highest BCUT2D eigenvalue weighted by Crippen LogP contribution is 2.21. The number of hydrogen-bond acceptors (Lipinski definition) is 4. The molecule has 1 heterocycles. The van der Waals surface area contributed by atoms with Crippen LogP contribution in [0.1, 0.15) is 16.8 Å². The van der Waals surface area contributed by atoms with Crippen LogP contribution in [-0.2, 0) is 5.75 Å². The van der Waals surface area contributed by atoms with Crippen molar-refractivity contribution in [2.45, 2.75) is 17.7 Å². The van der Waals surface area contributed by atoms with E-state index in [9.17, 15) is 0 Å². The van der Waals surface area contributed by atoms with Crippen molar-refractivity contribution in [1.82, 2.24) is 4.98 Å². The number of thioether (sulfide) groups is 1. The second-order valence-electron chi connectivity index (χ2n) is 3.84. The maximum Gasteiger partial charge on any atom is 0.0966 e. The Balaban J connectivity index is 2.04. The molecule has 0 fully saturated rings. The van der Waals surface area contributed by atoms with Gasteiger partial charge in [-0.05, 0) is 24.6 Å². The molecule has 0 spiro atoms. The van der Waals surface area contributed by atoms with E-state index >= 15 is 0 Å². The SMILES string of the molecule is Cc1nc(SCc2ccccc2)ccc1/C=N\O. The average molecular weight is 258 g/mol. The van der Waals surface area contributed by atoms with E-state index in [0.29, 0.717) is 0 Å². The largest absolute Gasteiger partial charge is 0.411 e. The maximum atomic E-state index is 8.50. The zero-order valence-electron chi connectivity index (χ0n) is 10.1.